The highest BCUT2D eigenvalue weighted by molar-refractivity contribution is 9.10. The van der Waals surface area contributed by atoms with Gasteiger partial charge in [0.25, 0.3) is 0 Å². The Kier molecular flexibility index (Phi) is 4.77. The molecule has 0 atom stereocenters. The SMILES string of the molecule is Cc1cc(Br)ccc1C(=O)Cc1ccc(C(C)C)cc1. The fourth-order valence-electron chi connectivity index (χ4n) is 2.24. The molecule has 0 aliphatic heterocycles. The lowest BCUT2D eigenvalue weighted by Crippen LogP contribution is -2.05. The Labute approximate surface area is 129 Å². The Hall–Kier alpha value is -1.41. The summed E-state index contributed by atoms with van der Waals surface area (Å²) in [4.78, 5) is 12.3. The number of ketones is 1. The van der Waals surface area contributed by atoms with Crippen LogP contribution >= 0.6 is 15.9 Å². The fraction of sp³-hybridized carbons (Fsp3) is 0.278. The smallest absolute Gasteiger partial charge is 0.167 e. The van der Waals surface area contributed by atoms with Gasteiger partial charge in [-0.15, -0.1) is 0 Å². The molecule has 0 fully saturated rings. The summed E-state index contributed by atoms with van der Waals surface area (Å²) in [6.07, 6.45) is 0.459. The van der Waals surface area contributed by atoms with Crippen molar-refractivity contribution in [2.45, 2.75) is 33.1 Å². The van der Waals surface area contributed by atoms with Crippen molar-refractivity contribution in [3.05, 3.63) is 69.2 Å². The number of benzene rings is 2. The van der Waals surface area contributed by atoms with Crippen LogP contribution in [0.15, 0.2) is 46.9 Å². The van der Waals surface area contributed by atoms with Crippen molar-refractivity contribution in [1.82, 2.24) is 0 Å². The molecule has 0 spiro atoms. The summed E-state index contributed by atoms with van der Waals surface area (Å²) in [5, 5.41) is 0. The molecule has 0 saturated heterocycles. The van der Waals surface area contributed by atoms with Gasteiger partial charge in [-0.25, -0.2) is 0 Å². The summed E-state index contributed by atoms with van der Waals surface area (Å²) in [7, 11) is 0. The minimum Gasteiger partial charge on any atom is -0.294 e. The van der Waals surface area contributed by atoms with E-state index < -0.39 is 0 Å². The Morgan fingerprint density at radius 1 is 1.10 bits per heavy atom. The summed E-state index contributed by atoms with van der Waals surface area (Å²) >= 11 is 3.42. The number of aryl methyl sites for hydroxylation is 1. The van der Waals surface area contributed by atoms with Crippen molar-refractivity contribution >= 4 is 21.7 Å². The third-order valence-corrected chi connectivity index (χ3v) is 3.99. The Morgan fingerprint density at radius 2 is 1.75 bits per heavy atom. The van der Waals surface area contributed by atoms with E-state index in [0.29, 0.717) is 12.3 Å². The molecule has 1 nitrogen and oxygen atoms in total. The van der Waals surface area contributed by atoms with Gasteiger partial charge in [-0.1, -0.05) is 60.1 Å². The molecule has 0 unspecified atom stereocenters. The molecular weight excluding hydrogens is 312 g/mol. The molecule has 2 heteroatoms. The minimum atomic E-state index is 0.173. The second kappa shape index (κ2) is 6.36. The fourth-order valence-corrected chi connectivity index (χ4v) is 2.72. The molecule has 0 aliphatic carbocycles. The molecule has 0 heterocycles. The van der Waals surface area contributed by atoms with E-state index >= 15 is 0 Å². The van der Waals surface area contributed by atoms with Crippen LogP contribution in [0.4, 0.5) is 0 Å². The zero-order chi connectivity index (χ0) is 14.7. The van der Waals surface area contributed by atoms with Crippen molar-refractivity contribution in [2.24, 2.45) is 0 Å². The summed E-state index contributed by atoms with van der Waals surface area (Å²) in [6.45, 7) is 6.32. The van der Waals surface area contributed by atoms with Gasteiger partial charge in [-0.05, 0) is 41.7 Å². The molecule has 0 amide bonds. The van der Waals surface area contributed by atoms with Crippen LogP contribution in [0.1, 0.15) is 46.8 Å². The highest BCUT2D eigenvalue weighted by atomic mass is 79.9. The molecule has 0 radical (unpaired) electrons. The molecule has 0 bridgehead atoms. The highest BCUT2D eigenvalue weighted by Gasteiger charge is 2.10. The third kappa shape index (κ3) is 3.57. The van der Waals surface area contributed by atoms with Crippen LogP contribution in [0, 0.1) is 6.92 Å². The number of rotatable bonds is 4. The molecule has 0 aromatic heterocycles. The van der Waals surface area contributed by atoms with E-state index in [9.17, 15) is 4.79 Å². The molecule has 0 aliphatic rings. The highest BCUT2D eigenvalue weighted by Crippen LogP contribution is 2.19. The largest absolute Gasteiger partial charge is 0.294 e. The monoisotopic (exact) mass is 330 g/mol. The first-order valence-corrected chi connectivity index (χ1v) is 7.65. The first-order chi connectivity index (χ1) is 9.47. The van der Waals surface area contributed by atoms with Gasteiger partial charge < -0.3 is 0 Å². The van der Waals surface area contributed by atoms with E-state index in [4.69, 9.17) is 0 Å². The van der Waals surface area contributed by atoms with Crippen LogP contribution in [0.2, 0.25) is 0 Å². The lowest BCUT2D eigenvalue weighted by molar-refractivity contribution is 0.0992. The molecule has 2 aromatic carbocycles. The maximum Gasteiger partial charge on any atom is 0.167 e. The van der Waals surface area contributed by atoms with Gasteiger partial charge in [0.05, 0.1) is 0 Å². The second-order valence-electron chi connectivity index (χ2n) is 5.46. The maximum atomic E-state index is 12.3. The summed E-state index contributed by atoms with van der Waals surface area (Å²) in [5.74, 6) is 0.695. The number of carbonyl (C=O) groups excluding carboxylic acids is 1. The van der Waals surface area contributed by atoms with Crippen molar-refractivity contribution in [3.8, 4) is 0 Å². The number of Topliss-reactive ketones (excluding diaryl/α,β-unsaturated/α-hetero) is 1. The van der Waals surface area contributed by atoms with Crippen LogP contribution in [0.25, 0.3) is 0 Å². The average Bonchev–Trinajstić information content (AvgIpc) is 2.39. The lowest BCUT2D eigenvalue weighted by atomic mass is 9.97. The van der Waals surface area contributed by atoms with E-state index in [-0.39, 0.29) is 5.78 Å². The van der Waals surface area contributed by atoms with Gasteiger partial charge in [-0.2, -0.15) is 0 Å². The first kappa shape index (κ1) is 15.0. The minimum absolute atomic E-state index is 0.173. The summed E-state index contributed by atoms with van der Waals surface area (Å²) in [6, 6.07) is 14.1. The van der Waals surface area contributed by atoms with Crippen molar-refractivity contribution in [3.63, 3.8) is 0 Å². The van der Waals surface area contributed by atoms with Crippen LogP contribution < -0.4 is 0 Å². The van der Waals surface area contributed by atoms with Gasteiger partial charge >= 0.3 is 0 Å². The molecule has 0 N–H and O–H groups in total. The normalized spacial score (nSPS) is 10.8. The van der Waals surface area contributed by atoms with Gasteiger partial charge in [0.1, 0.15) is 0 Å². The maximum absolute atomic E-state index is 12.3. The average molecular weight is 331 g/mol. The second-order valence-corrected chi connectivity index (χ2v) is 6.37. The van der Waals surface area contributed by atoms with Gasteiger partial charge in [0.15, 0.2) is 5.78 Å². The molecular formula is C18H19BrO. The number of halogens is 1. The van der Waals surface area contributed by atoms with E-state index in [1.807, 2.05) is 25.1 Å². The van der Waals surface area contributed by atoms with Crippen LogP contribution in [-0.2, 0) is 6.42 Å². The lowest BCUT2D eigenvalue weighted by Gasteiger charge is -2.08. The summed E-state index contributed by atoms with van der Waals surface area (Å²) < 4.78 is 1.01. The van der Waals surface area contributed by atoms with Crippen LogP contribution in [0.5, 0.6) is 0 Å². The Bertz CT molecular complexity index is 612. The quantitative estimate of drug-likeness (QED) is 0.694. The van der Waals surface area contributed by atoms with Crippen LogP contribution in [-0.4, -0.2) is 5.78 Å². The van der Waals surface area contributed by atoms with Crippen LogP contribution in [0.3, 0.4) is 0 Å². The molecule has 20 heavy (non-hydrogen) atoms. The van der Waals surface area contributed by atoms with E-state index in [1.165, 1.54) is 5.56 Å². The Morgan fingerprint density at radius 3 is 2.30 bits per heavy atom. The first-order valence-electron chi connectivity index (χ1n) is 6.85. The van der Waals surface area contributed by atoms with E-state index in [0.717, 1.165) is 21.2 Å². The number of hydrogen-bond donors (Lipinski definition) is 0. The van der Waals surface area contributed by atoms with Gasteiger partial charge in [-0.3, -0.25) is 4.79 Å². The predicted molar refractivity (Wildman–Crippen MR) is 87.4 cm³/mol. The standard InChI is InChI=1S/C18H19BrO/c1-12(2)15-6-4-14(5-7-15)11-18(20)17-9-8-16(19)10-13(17)3/h4-10,12H,11H2,1-3H3. The topological polar surface area (TPSA) is 17.1 Å². The number of hydrogen-bond acceptors (Lipinski definition) is 1. The number of carbonyl (C=O) groups is 1. The molecule has 0 saturated carbocycles. The van der Waals surface area contributed by atoms with Gasteiger partial charge in [0, 0.05) is 16.5 Å². The van der Waals surface area contributed by atoms with E-state index in [2.05, 4.69) is 54.0 Å². The van der Waals surface area contributed by atoms with Gasteiger partial charge in [0.2, 0.25) is 0 Å². The zero-order valence-corrected chi connectivity index (χ0v) is 13.7. The zero-order valence-electron chi connectivity index (χ0n) is 12.1. The van der Waals surface area contributed by atoms with Crippen molar-refractivity contribution in [1.29, 1.82) is 0 Å². The third-order valence-electron chi connectivity index (χ3n) is 3.50. The molecule has 104 valence electrons. The van der Waals surface area contributed by atoms with E-state index in [1.54, 1.807) is 0 Å². The Balaban J connectivity index is 2.15. The molecule has 2 rings (SSSR count). The van der Waals surface area contributed by atoms with Crippen molar-refractivity contribution in [2.75, 3.05) is 0 Å². The predicted octanol–water partition coefficient (Wildman–Crippen LogP) is 5.31. The summed E-state index contributed by atoms with van der Waals surface area (Å²) in [5.41, 5.74) is 4.20. The van der Waals surface area contributed by atoms with Crippen molar-refractivity contribution < 1.29 is 4.79 Å². The molecule has 2 aromatic rings.